The van der Waals surface area contributed by atoms with Gasteiger partial charge in [-0.05, 0) is 78.2 Å². The van der Waals surface area contributed by atoms with Gasteiger partial charge in [-0.25, -0.2) is 0 Å². The van der Waals surface area contributed by atoms with Crippen LogP contribution in [0.25, 0.3) is 34.2 Å². The third-order valence-corrected chi connectivity index (χ3v) is 10.5. The van der Waals surface area contributed by atoms with Gasteiger partial charge in [-0.1, -0.05) is 31.0 Å². The van der Waals surface area contributed by atoms with Crippen LogP contribution >= 0.6 is 57.1 Å². The molecule has 0 atom stereocenters. The summed E-state index contributed by atoms with van der Waals surface area (Å²) in [6, 6.07) is 13.4. The first-order chi connectivity index (χ1) is 15.1. The lowest BCUT2D eigenvalue weighted by Gasteiger charge is -2.00. The zero-order chi connectivity index (χ0) is 21.8. The molecule has 0 spiro atoms. The fraction of sp³-hybridized carbons (Fsp3) is 0.167. The highest BCUT2D eigenvalue weighted by molar-refractivity contribution is 8.11. The number of rotatable bonds is 10. The maximum absolute atomic E-state index is 5.92. The van der Waals surface area contributed by atoms with E-state index < -0.39 is 0 Å². The third-order valence-electron chi connectivity index (χ3n) is 4.76. The van der Waals surface area contributed by atoms with E-state index in [-0.39, 0.29) is 0 Å². The second-order valence-corrected chi connectivity index (χ2v) is 12.1. The predicted molar refractivity (Wildman–Crippen MR) is 147 cm³/mol. The number of thioether (sulfide) groups is 1. The average Bonchev–Trinajstić information content (AvgIpc) is 3.53. The molecule has 4 aromatic rings. The van der Waals surface area contributed by atoms with Crippen molar-refractivity contribution >= 4 is 62.0 Å². The molecule has 4 aromatic heterocycles. The van der Waals surface area contributed by atoms with Gasteiger partial charge in [0, 0.05) is 39.0 Å². The summed E-state index contributed by atoms with van der Waals surface area (Å²) >= 11 is 8.88. The molecule has 4 N–H and O–H groups in total. The molecule has 0 unspecified atom stereocenters. The number of hydrogen-bond acceptors (Lipinski definition) is 7. The van der Waals surface area contributed by atoms with Gasteiger partial charge in [0.05, 0.1) is 0 Å². The summed E-state index contributed by atoms with van der Waals surface area (Å²) in [7, 11) is 0. The summed E-state index contributed by atoms with van der Waals surface area (Å²) in [5, 5.41) is 3.96. The number of thiophene rings is 4. The second-order valence-electron chi connectivity index (χ2n) is 6.86. The zero-order valence-corrected chi connectivity index (χ0v) is 21.1. The first kappa shape index (κ1) is 22.7. The van der Waals surface area contributed by atoms with Crippen LogP contribution in [0.1, 0.15) is 16.0 Å². The minimum atomic E-state index is 0.637. The number of hydrogen-bond donors (Lipinski definition) is 2. The van der Waals surface area contributed by atoms with Crippen molar-refractivity contribution in [2.45, 2.75) is 12.8 Å². The second kappa shape index (κ2) is 10.4. The Kier molecular flexibility index (Phi) is 7.66. The smallest absolute Gasteiger partial charge is 0.0482 e. The van der Waals surface area contributed by atoms with Crippen LogP contribution in [0.15, 0.2) is 60.3 Å². The molecule has 7 heteroatoms. The lowest BCUT2D eigenvalue weighted by molar-refractivity contribution is 0.976. The molecular formula is C24H24N2S5. The van der Waals surface area contributed by atoms with E-state index >= 15 is 0 Å². The molecule has 0 fully saturated rings. The Bertz CT molecular complexity index is 1180. The summed E-state index contributed by atoms with van der Waals surface area (Å²) in [5.41, 5.74) is 14.5. The molecule has 0 saturated carbocycles. The highest BCUT2D eigenvalue weighted by Crippen LogP contribution is 2.47. The monoisotopic (exact) mass is 500 g/mol. The molecule has 0 saturated heterocycles. The van der Waals surface area contributed by atoms with Crippen LogP contribution in [-0.4, -0.2) is 13.1 Å². The van der Waals surface area contributed by atoms with E-state index in [9.17, 15) is 0 Å². The fourth-order valence-electron chi connectivity index (χ4n) is 3.38. The van der Waals surface area contributed by atoms with Crippen LogP contribution < -0.4 is 11.5 Å². The van der Waals surface area contributed by atoms with E-state index in [1.807, 2.05) is 28.1 Å². The predicted octanol–water partition coefficient (Wildman–Crippen LogP) is 7.78. The Hall–Kier alpha value is -1.45. The molecule has 4 heterocycles. The first-order valence-electron chi connectivity index (χ1n) is 9.91. The summed E-state index contributed by atoms with van der Waals surface area (Å²) in [6.07, 6.45) is 1.76. The Morgan fingerprint density at radius 2 is 1.55 bits per heavy atom. The largest absolute Gasteiger partial charge is 0.330 e. The maximum atomic E-state index is 5.92. The van der Waals surface area contributed by atoms with Crippen molar-refractivity contribution in [3.8, 4) is 29.3 Å². The molecule has 0 aliphatic carbocycles. The molecule has 2 nitrogen and oxygen atoms in total. The minimum Gasteiger partial charge on any atom is -0.330 e. The van der Waals surface area contributed by atoms with Crippen molar-refractivity contribution in [1.82, 2.24) is 0 Å². The summed E-state index contributed by atoms with van der Waals surface area (Å²) in [4.78, 5) is 10.1. The van der Waals surface area contributed by atoms with E-state index in [1.165, 1.54) is 45.3 Å². The van der Waals surface area contributed by atoms with Gasteiger partial charge in [0.15, 0.2) is 0 Å². The molecule has 0 radical (unpaired) electrons. The topological polar surface area (TPSA) is 52.0 Å². The fourth-order valence-corrected chi connectivity index (χ4v) is 8.43. The van der Waals surface area contributed by atoms with Crippen LogP contribution in [0.3, 0.4) is 0 Å². The van der Waals surface area contributed by atoms with Crippen LogP contribution in [0.5, 0.6) is 0 Å². The minimum absolute atomic E-state index is 0.637. The molecule has 0 amide bonds. The van der Waals surface area contributed by atoms with Crippen molar-refractivity contribution in [3.63, 3.8) is 0 Å². The van der Waals surface area contributed by atoms with Gasteiger partial charge in [-0.2, -0.15) is 0 Å². The molecule has 0 aliphatic heterocycles. The standard InChI is InChI=1S/C24H24N2S5/c1-3-27-15(2)21-13-16(8-10-25)23(30-21)19-6-7-20(29-19)24-17(9-11-26)14-22(31-24)18-5-4-12-28-18/h3-7,12-14H,1-2,8-11,25-26H2. The van der Waals surface area contributed by atoms with Crippen LogP contribution in [0, 0.1) is 0 Å². The van der Waals surface area contributed by atoms with Gasteiger partial charge in [-0.15, -0.1) is 45.3 Å². The SMILES string of the molecule is C=CSC(=C)c1cc(CCN)c(-c2ccc(-c3sc(-c4cccs4)cc3CCN)s2)s1. The van der Waals surface area contributed by atoms with Crippen molar-refractivity contribution in [2.75, 3.05) is 13.1 Å². The lowest BCUT2D eigenvalue weighted by atomic mass is 10.1. The zero-order valence-electron chi connectivity index (χ0n) is 17.1. The van der Waals surface area contributed by atoms with Crippen molar-refractivity contribution in [1.29, 1.82) is 0 Å². The van der Waals surface area contributed by atoms with Gasteiger partial charge >= 0.3 is 0 Å². The molecule has 0 bridgehead atoms. The molecule has 0 aromatic carbocycles. The normalized spacial score (nSPS) is 11.2. The molecule has 31 heavy (non-hydrogen) atoms. The van der Waals surface area contributed by atoms with Crippen LogP contribution in [0.4, 0.5) is 0 Å². The molecule has 160 valence electrons. The third kappa shape index (κ3) is 4.98. The number of nitrogens with two attached hydrogens (primary N) is 2. The van der Waals surface area contributed by atoms with Crippen molar-refractivity contribution in [3.05, 3.63) is 76.3 Å². The van der Waals surface area contributed by atoms with E-state index in [2.05, 4.69) is 54.9 Å². The van der Waals surface area contributed by atoms with E-state index in [0.29, 0.717) is 13.1 Å². The molecular weight excluding hydrogens is 477 g/mol. The van der Waals surface area contributed by atoms with Crippen molar-refractivity contribution < 1.29 is 0 Å². The molecule has 4 rings (SSSR count). The quantitative estimate of drug-likeness (QED) is 0.234. The van der Waals surface area contributed by atoms with Gasteiger partial charge in [0.2, 0.25) is 0 Å². The first-order valence-corrected chi connectivity index (χ1v) is 14.1. The summed E-state index contributed by atoms with van der Waals surface area (Å²) < 4.78 is 0. The highest BCUT2D eigenvalue weighted by atomic mass is 32.2. The lowest BCUT2D eigenvalue weighted by Crippen LogP contribution is -2.02. The highest BCUT2D eigenvalue weighted by Gasteiger charge is 2.18. The summed E-state index contributed by atoms with van der Waals surface area (Å²) in [6.45, 7) is 9.31. The van der Waals surface area contributed by atoms with Gasteiger partial charge in [0.1, 0.15) is 0 Å². The van der Waals surface area contributed by atoms with E-state index in [0.717, 1.165) is 17.7 Å². The average molecular weight is 501 g/mol. The van der Waals surface area contributed by atoms with Gasteiger partial charge < -0.3 is 11.5 Å². The Labute approximate surface area is 204 Å². The van der Waals surface area contributed by atoms with Crippen molar-refractivity contribution in [2.24, 2.45) is 11.5 Å². The summed E-state index contributed by atoms with van der Waals surface area (Å²) in [5.74, 6) is 0. The maximum Gasteiger partial charge on any atom is 0.0482 e. The van der Waals surface area contributed by atoms with Gasteiger partial charge in [-0.3, -0.25) is 0 Å². The van der Waals surface area contributed by atoms with E-state index in [4.69, 9.17) is 11.5 Å². The van der Waals surface area contributed by atoms with Gasteiger partial charge in [0.25, 0.3) is 0 Å². The Balaban J connectivity index is 1.72. The molecule has 0 aliphatic rings. The Morgan fingerprint density at radius 3 is 2.16 bits per heavy atom. The Morgan fingerprint density at radius 1 is 0.871 bits per heavy atom. The van der Waals surface area contributed by atoms with Crippen LogP contribution in [-0.2, 0) is 12.8 Å². The van der Waals surface area contributed by atoms with E-state index in [1.54, 1.807) is 34.4 Å². The van der Waals surface area contributed by atoms with Crippen LogP contribution in [0.2, 0.25) is 0 Å².